The molecule has 1 amide bonds. The van der Waals surface area contributed by atoms with Gasteiger partial charge in [0.05, 0.1) is 12.3 Å². The molecule has 0 heterocycles. The van der Waals surface area contributed by atoms with Gasteiger partial charge in [-0.1, -0.05) is 0 Å². The summed E-state index contributed by atoms with van der Waals surface area (Å²) < 4.78 is 18.6. The van der Waals surface area contributed by atoms with Crippen LogP contribution in [0.2, 0.25) is 0 Å². The van der Waals surface area contributed by atoms with Crippen molar-refractivity contribution in [2.75, 3.05) is 25.6 Å². The summed E-state index contributed by atoms with van der Waals surface area (Å²) >= 11 is 3.29. The fourth-order valence-corrected chi connectivity index (χ4v) is 1.70. The van der Waals surface area contributed by atoms with Gasteiger partial charge in [0.2, 0.25) is 5.91 Å². The summed E-state index contributed by atoms with van der Waals surface area (Å²) in [6.45, 7) is 2.62. The van der Waals surface area contributed by atoms with Crippen molar-refractivity contribution >= 4 is 27.5 Å². The van der Waals surface area contributed by atoms with Gasteiger partial charge >= 0.3 is 0 Å². The van der Waals surface area contributed by atoms with E-state index in [-0.39, 0.29) is 11.7 Å². The first-order chi connectivity index (χ1) is 8.54. The predicted octanol–water partition coefficient (Wildman–Crippen LogP) is 2.15. The molecule has 4 nitrogen and oxygen atoms in total. The number of carbonyl (C=O) groups is 1. The third kappa shape index (κ3) is 4.62. The molecule has 0 fully saturated rings. The Labute approximate surface area is 114 Å². The zero-order valence-corrected chi connectivity index (χ0v) is 11.9. The minimum Gasteiger partial charge on any atom is -0.383 e. The normalized spacial score (nSPS) is 12.0. The Kier molecular flexibility index (Phi) is 6.07. The van der Waals surface area contributed by atoms with E-state index in [0.29, 0.717) is 23.3 Å². The van der Waals surface area contributed by atoms with Crippen LogP contribution < -0.4 is 10.6 Å². The molecule has 100 valence electrons. The maximum Gasteiger partial charge on any atom is 0.242 e. The molecule has 0 saturated heterocycles. The fraction of sp³-hybridized carbons (Fsp3) is 0.417. The minimum absolute atomic E-state index is 0.164. The summed E-state index contributed by atoms with van der Waals surface area (Å²) in [5, 5.41) is 5.64. The summed E-state index contributed by atoms with van der Waals surface area (Å²) in [5.41, 5.74) is 0.546. The van der Waals surface area contributed by atoms with E-state index in [9.17, 15) is 9.18 Å². The lowest BCUT2D eigenvalue weighted by molar-refractivity contribution is -0.121. The van der Waals surface area contributed by atoms with Crippen molar-refractivity contribution in [2.45, 2.75) is 13.0 Å². The first-order valence-electron chi connectivity index (χ1n) is 5.53. The molecule has 2 N–H and O–H groups in total. The van der Waals surface area contributed by atoms with Gasteiger partial charge in [-0.25, -0.2) is 4.39 Å². The molecule has 0 bridgehead atoms. The SMILES string of the molecule is COCCNC(=O)C(C)Nc1cc(F)ccc1Br. The van der Waals surface area contributed by atoms with Crippen LogP contribution in [0.3, 0.4) is 0 Å². The Hall–Kier alpha value is -1.14. The molecule has 0 aliphatic carbocycles. The zero-order chi connectivity index (χ0) is 13.5. The molecular formula is C12H16BrFN2O2. The van der Waals surface area contributed by atoms with Gasteiger partial charge in [0, 0.05) is 18.1 Å². The number of hydrogen-bond acceptors (Lipinski definition) is 3. The summed E-state index contributed by atoms with van der Waals surface area (Å²) in [4.78, 5) is 11.7. The molecule has 6 heteroatoms. The Morgan fingerprint density at radius 1 is 1.56 bits per heavy atom. The molecule has 18 heavy (non-hydrogen) atoms. The van der Waals surface area contributed by atoms with Crippen molar-refractivity contribution in [2.24, 2.45) is 0 Å². The van der Waals surface area contributed by atoms with Gasteiger partial charge in [-0.15, -0.1) is 0 Å². The van der Waals surface area contributed by atoms with Gasteiger partial charge < -0.3 is 15.4 Å². The number of benzene rings is 1. The number of amides is 1. The largest absolute Gasteiger partial charge is 0.383 e. The smallest absolute Gasteiger partial charge is 0.242 e. The maximum atomic E-state index is 13.1. The van der Waals surface area contributed by atoms with E-state index in [2.05, 4.69) is 26.6 Å². The van der Waals surface area contributed by atoms with Gasteiger partial charge in [-0.3, -0.25) is 4.79 Å². The molecular weight excluding hydrogens is 303 g/mol. The summed E-state index contributed by atoms with van der Waals surface area (Å²) in [6.07, 6.45) is 0. The van der Waals surface area contributed by atoms with E-state index < -0.39 is 6.04 Å². The van der Waals surface area contributed by atoms with Crippen LogP contribution in [0.5, 0.6) is 0 Å². The van der Waals surface area contributed by atoms with E-state index in [4.69, 9.17) is 4.74 Å². The van der Waals surface area contributed by atoms with Crippen LogP contribution in [-0.4, -0.2) is 32.2 Å². The number of nitrogens with one attached hydrogen (secondary N) is 2. The van der Waals surface area contributed by atoms with Gasteiger partial charge in [-0.2, -0.15) is 0 Å². The standard InChI is InChI=1S/C12H16BrFN2O2/c1-8(12(17)15-5-6-18-2)16-11-7-9(14)3-4-10(11)13/h3-4,7-8,16H,5-6H2,1-2H3,(H,15,17). The molecule has 0 aliphatic rings. The van der Waals surface area contributed by atoms with Crippen molar-refractivity contribution in [3.05, 3.63) is 28.5 Å². The average Bonchev–Trinajstić information content (AvgIpc) is 2.34. The van der Waals surface area contributed by atoms with E-state index in [1.54, 1.807) is 20.1 Å². The molecule has 1 aromatic carbocycles. The van der Waals surface area contributed by atoms with Gasteiger partial charge in [0.15, 0.2) is 0 Å². The van der Waals surface area contributed by atoms with E-state index in [0.717, 1.165) is 0 Å². The predicted molar refractivity (Wildman–Crippen MR) is 72.1 cm³/mol. The van der Waals surface area contributed by atoms with Gasteiger partial charge in [-0.05, 0) is 41.1 Å². The third-order valence-electron chi connectivity index (χ3n) is 2.30. The second kappa shape index (κ2) is 7.33. The lowest BCUT2D eigenvalue weighted by Gasteiger charge is -2.16. The molecule has 0 aromatic heterocycles. The molecule has 0 spiro atoms. The Morgan fingerprint density at radius 3 is 2.94 bits per heavy atom. The first kappa shape index (κ1) is 14.9. The molecule has 0 saturated carbocycles. The number of hydrogen-bond donors (Lipinski definition) is 2. The van der Waals surface area contributed by atoms with Crippen molar-refractivity contribution in [3.8, 4) is 0 Å². The number of anilines is 1. The number of halogens is 2. The van der Waals surface area contributed by atoms with Crippen LogP contribution >= 0.6 is 15.9 Å². The van der Waals surface area contributed by atoms with Crippen LogP contribution in [0.1, 0.15) is 6.92 Å². The lowest BCUT2D eigenvalue weighted by atomic mass is 10.2. The summed E-state index contributed by atoms with van der Waals surface area (Å²) in [5.74, 6) is -0.518. The maximum absolute atomic E-state index is 13.1. The summed E-state index contributed by atoms with van der Waals surface area (Å²) in [6, 6.07) is 3.81. The number of rotatable bonds is 6. The zero-order valence-electron chi connectivity index (χ0n) is 10.3. The average molecular weight is 319 g/mol. The Morgan fingerprint density at radius 2 is 2.28 bits per heavy atom. The second-order valence-electron chi connectivity index (χ2n) is 3.77. The minimum atomic E-state index is -0.458. The summed E-state index contributed by atoms with van der Waals surface area (Å²) in [7, 11) is 1.57. The molecule has 0 aliphatic heterocycles. The van der Waals surface area contributed by atoms with Crippen molar-refractivity contribution in [1.29, 1.82) is 0 Å². The number of methoxy groups -OCH3 is 1. The highest BCUT2D eigenvalue weighted by Gasteiger charge is 2.13. The van der Waals surface area contributed by atoms with Crippen LogP contribution in [-0.2, 0) is 9.53 Å². The highest BCUT2D eigenvalue weighted by molar-refractivity contribution is 9.10. The monoisotopic (exact) mass is 318 g/mol. The number of ether oxygens (including phenoxy) is 1. The highest BCUT2D eigenvalue weighted by Crippen LogP contribution is 2.23. The van der Waals surface area contributed by atoms with Crippen LogP contribution in [0.15, 0.2) is 22.7 Å². The van der Waals surface area contributed by atoms with E-state index in [1.165, 1.54) is 12.1 Å². The lowest BCUT2D eigenvalue weighted by Crippen LogP contribution is -2.39. The van der Waals surface area contributed by atoms with Crippen molar-refractivity contribution in [1.82, 2.24) is 5.32 Å². The molecule has 1 aromatic rings. The van der Waals surface area contributed by atoms with Crippen LogP contribution in [0.25, 0.3) is 0 Å². The van der Waals surface area contributed by atoms with Crippen molar-refractivity contribution in [3.63, 3.8) is 0 Å². The quantitative estimate of drug-likeness (QED) is 0.790. The fourth-order valence-electron chi connectivity index (χ4n) is 1.34. The Balaban J connectivity index is 2.55. The molecule has 0 radical (unpaired) electrons. The van der Waals surface area contributed by atoms with Crippen LogP contribution in [0.4, 0.5) is 10.1 Å². The first-order valence-corrected chi connectivity index (χ1v) is 6.32. The highest BCUT2D eigenvalue weighted by atomic mass is 79.9. The van der Waals surface area contributed by atoms with Crippen LogP contribution in [0, 0.1) is 5.82 Å². The topological polar surface area (TPSA) is 50.4 Å². The molecule has 1 rings (SSSR count). The number of carbonyl (C=O) groups excluding carboxylic acids is 1. The van der Waals surface area contributed by atoms with Crippen molar-refractivity contribution < 1.29 is 13.9 Å². The third-order valence-corrected chi connectivity index (χ3v) is 2.99. The molecule has 1 unspecified atom stereocenters. The molecule has 1 atom stereocenters. The van der Waals surface area contributed by atoms with Gasteiger partial charge in [0.25, 0.3) is 0 Å². The van der Waals surface area contributed by atoms with E-state index >= 15 is 0 Å². The van der Waals surface area contributed by atoms with E-state index in [1.807, 2.05) is 0 Å². The second-order valence-corrected chi connectivity index (χ2v) is 4.63. The Bertz CT molecular complexity index is 415. The van der Waals surface area contributed by atoms with Gasteiger partial charge in [0.1, 0.15) is 11.9 Å².